The molecule has 0 spiro atoms. The Hall–Kier alpha value is -3.86. The number of carbonyl (C=O) groups excluding carboxylic acids is 3. The van der Waals surface area contributed by atoms with Crippen molar-refractivity contribution in [2.75, 3.05) is 37.0 Å². The van der Waals surface area contributed by atoms with E-state index >= 15 is 0 Å². The normalized spacial score (nSPS) is 17.6. The first-order valence-electron chi connectivity index (χ1n) is 23.1. The number of amides is 2. The monoisotopic (exact) mass is 1050 g/mol. The zero-order valence-electron chi connectivity index (χ0n) is 41.5. The Morgan fingerprint density at radius 3 is 1.51 bits per heavy atom. The summed E-state index contributed by atoms with van der Waals surface area (Å²) in [6, 6.07) is 38.7. The van der Waals surface area contributed by atoms with Crippen LogP contribution in [-0.4, -0.2) is 95.9 Å². The Labute approximate surface area is 483 Å². The minimum Gasteiger partial charge on any atom is -1.00 e. The van der Waals surface area contributed by atoms with E-state index in [1.807, 2.05) is 48.5 Å². The third-order valence-electron chi connectivity index (χ3n) is 12.7. The molecule has 2 atom stereocenters. The molecular formula is C55H60Cl3N5Na2O7. The van der Waals surface area contributed by atoms with Gasteiger partial charge < -0.3 is 36.5 Å². The maximum Gasteiger partial charge on any atom is 1.00 e. The topological polar surface area (TPSA) is 158 Å². The largest absolute Gasteiger partial charge is 1.00 e. The van der Waals surface area contributed by atoms with Crippen molar-refractivity contribution in [1.29, 1.82) is 0 Å². The second kappa shape index (κ2) is 29.3. The molecule has 370 valence electrons. The van der Waals surface area contributed by atoms with Crippen LogP contribution < -0.4 is 74.2 Å². The summed E-state index contributed by atoms with van der Waals surface area (Å²) >= 11 is 18.9. The number of carbonyl (C=O) groups is 3. The first kappa shape index (κ1) is 60.7. The van der Waals surface area contributed by atoms with Crippen LogP contribution in [0.15, 0.2) is 131 Å². The molecule has 4 aliphatic rings. The number of aliphatic hydroxyl groups is 2. The van der Waals surface area contributed by atoms with E-state index in [1.54, 1.807) is 42.1 Å². The predicted molar refractivity (Wildman–Crippen MR) is 282 cm³/mol. The molecule has 1 saturated carbocycles. The quantitative estimate of drug-likeness (QED) is 0.114. The standard InChI is InChI=1S/C26H26ClN3O2.C21H16Cl2N2O.C6H12O.CH2O3.CH4.2Na.H/c1-29-24-9-8-20(27)16-22(24)25(30-12-10-21(31)11-13-30)28-23(26(29)32)15-17-6-7-18-4-2-3-5-19(18)14-17;1-25-19-9-8-16(22)12-17(19)20(23)24-18(21(25)26)11-13-6-7-14-4-2-3-5-15(14)10-13;7-6-4-2-1-3-5-6;2-1-4-3;;;;/h2-9,14,16,21,23,31H,10-13,15H2,1H3;2-10,12,18H,11H2,1H3;6-7H,1-5H2;1,3H;1H4;;;/q;;;;;2*+1;-1/p-1. The zero-order valence-corrected chi connectivity index (χ0v) is 46.8. The van der Waals surface area contributed by atoms with E-state index in [0.717, 1.165) is 51.8 Å². The molecule has 10 rings (SSSR count). The summed E-state index contributed by atoms with van der Waals surface area (Å²) in [4.78, 5) is 52.7. The number of aliphatic imine (C=N–C) groups is 2. The Balaban J connectivity index is 0.000000308. The van der Waals surface area contributed by atoms with E-state index in [9.17, 15) is 14.7 Å². The molecule has 2 N–H and O–H groups in total. The number of rotatable bonds is 5. The van der Waals surface area contributed by atoms with Gasteiger partial charge in [-0.15, -0.1) is 0 Å². The van der Waals surface area contributed by atoms with Gasteiger partial charge in [0.25, 0.3) is 18.3 Å². The van der Waals surface area contributed by atoms with Gasteiger partial charge in [0.05, 0.1) is 23.6 Å². The van der Waals surface area contributed by atoms with Gasteiger partial charge in [-0.25, -0.2) is 0 Å². The second-order valence-electron chi connectivity index (χ2n) is 17.5. The van der Waals surface area contributed by atoms with Crippen LogP contribution in [0.2, 0.25) is 10.0 Å². The summed E-state index contributed by atoms with van der Waals surface area (Å²) in [5.74, 6) is 0.670. The van der Waals surface area contributed by atoms with E-state index in [-0.39, 0.29) is 98.5 Å². The summed E-state index contributed by atoms with van der Waals surface area (Å²) < 4.78 is 0. The van der Waals surface area contributed by atoms with Crippen LogP contribution in [0.4, 0.5) is 11.4 Å². The molecule has 2 fully saturated rings. The summed E-state index contributed by atoms with van der Waals surface area (Å²) in [7, 11) is 3.55. The fraction of sp³-hybridized carbons (Fsp3) is 0.327. The number of halogens is 3. The third-order valence-corrected chi connectivity index (χ3v) is 13.5. The van der Waals surface area contributed by atoms with E-state index in [0.29, 0.717) is 65.2 Å². The number of fused-ring (bicyclic) bond motifs is 4. The molecule has 17 heteroatoms. The predicted octanol–water partition coefficient (Wildman–Crippen LogP) is 3.85. The molecule has 6 aromatic carbocycles. The number of anilines is 2. The van der Waals surface area contributed by atoms with Crippen molar-refractivity contribution in [2.45, 2.75) is 89.5 Å². The number of benzene rings is 6. The van der Waals surface area contributed by atoms with Gasteiger partial charge in [0.1, 0.15) is 23.1 Å². The number of hydrogen-bond acceptors (Lipinski definition) is 10. The van der Waals surface area contributed by atoms with Crippen LogP contribution in [0.3, 0.4) is 0 Å². The number of likely N-dealkylation sites (tertiary alicyclic amines) is 1. The summed E-state index contributed by atoms with van der Waals surface area (Å²) in [6.45, 7) is 1.22. The molecule has 0 bridgehead atoms. The van der Waals surface area contributed by atoms with Gasteiger partial charge in [-0.2, -0.15) is 0 Å². The van der Waals surface area contributed by atoms with Crippen LogP contribution in [0.5, 0.6) is 0 Å². The molecule has 2 amide bonds. The van der Waals surface area contributed by atoms with Crippen molar-refractivity contribution in [2.24, 2.45) is 9.98 Å². The Bertz CT molecular complexity index is 2850. The van der Waals surface area contributed by atoms with Crippen molar-refractivity contribution in [1.82, 2.24) is 4.90 Å². The Morgan fingerprint density at radius 1 is 0.625 bits per heavy atom. The Kier molecular flexibility index (Phi) is 24.7. The van der Waals surface area contributed by atoms with Gasteiger partial charge in [0.2, 0.25) is 0 Å². The van der Waals surface area contributed by atoms with Crippen LogP contribution >= 0.6 is 34.8 Å². The number of benzodiazepines with no additional fused rings is 2. The average Bonchev–Trinajstić information content (AvgIpc) is 3.52. The summed E-state index contributed by atoms with van der Waals surface area (Å²) in [5, 5.41) is 33.5. The summed E-state index contributed by atoms with van der Waals surface area (Å²) in [6.07, 6.45) is 8.03. The smallest absolute Gasteiger partial charge is 1.00 e. The number of piperidine rings is 1. The molecule has 2 unspecified atom stereocenters. The van der Waals surface area contributed by atoms with Crippen molar-refractivity contribution < 1.29 is 95.3 Å². The van der Waals surface area contributed by atoms with Gasteiger partial charge in [0.15, 0.2) is 0 Å². The first-order chi connectivity index (χ1) is 33.3. The van der Waals surface area contributed by atoms with Crippen LogP contribution in [0.25, 0.3) is 21.5 Å². The molecule has 0 aromatic heterocycles. The average molecular weight is 1060 g/mol. The van der Waals surface area contributed by atoms with E-state index in [2.05, 4.69) is 69.4 Å². The number of aliphatic hydroxyl groups excluding tert-OH is 2. The molecule has 1 aliphatic carbocycles. The second-order valence-corrected chi connectivity index (χ2v) is 18.7. The van der Waals surface area contributed by atoms with Crippen LogP contribution in [0, 0.1) is 0 Å². The molecule has 72 heavy (non-hydrogen) atoms. The molecule has 3 heterocycles. The van der Waals surface area contributed by atoms with Crippen molar-refractivity contribution in [3.8, 4) is 0 Å². The van der Waals surface area contributed by atoms with Crippen LogP contribution in [-0.2, 0) is 32.1 Å². The molecule has 6 aromatic rings. The van der Waals surface area contributed by atoms with Gasteiger partial charge in [-0.05, 0) is 94.8 Å². The third kappa shape index (κ3) is 15.8. The van der Waals surface area contributed by atoms with Crippen molar-refractivity contribution >= 4 is 97.0 Å². The molecular weight excluding hydrogens is 995 g/mol. The van der Waals surface area contributed by atoms with Gasteiger partial charge in [-0.1, -0.05) is 146 Å². The van der Waals surface area contributed by atoms with Gasteiger partial charge in [0, 0.05) is 61.2 Å². The fourth-order valence-electron chi connectivity index (χ4n) is 9.02. The molecule has 12 nitrogen and oxygen atoms in total. The maximum atomic E-state index is 13.5. The number of likely N-dealkylation sites (N-methyl/N-ethyl adjacent to an activating group) is 2. The number of amidine groups is 1. The minimum absolute atomic E-state index is 0. The summed E-state index contributed by atoms with van der Waals surface area (Å²) in [5.41, 5.74) is 5.20. The number of hydrogen-bond donors (Lipinski definition) is 2. The van der Waals surface area contributed by atoms with Crippen molar-refractivity contribution in [3.63, 3.8) is 0 Å². The fourth-order valence-corrected chi connectivity index (χ4v) is 9.63. The zero-order chi connectivity index (χ0) is 49.0. The van der Waals surface area contributed by atoms with Gasteiger partial charge in [-0.3, -0.25) is 24.4 Å². The van der Waals surface area contributed by atoms with Crippen LogP contribution in [0.1, 0.15) is 76.1 Å². The molecule has 1 saturated heterocycles. The van der Waals surface area contributed by atoms with Crippen molar-refractivity contribution in [3.05, 3.63) is 154 Å². The van der Waals surface area contributed by atoms with E-state index < -0.39 is 12.1 Å². The SMILES string of the molecule is C.CN1C(=O)C(Cc2ccc3ccccc3c2)N=C(Cl)c2cc(Cl)ccc21.CN1C(=O)C(Cc2ccc3ccccc3c2)N=C(N2CCC(O)CC2)c2cc(Cl)ccc21.O=CO[O-].OC1CCCCC1.[H-].[Na+].[Na+]. The van der Waals surface area contributed by atoms with Gasteiger partial charge >= 0.3 is 59.1 Å². The number of nitrogens with zero attached hydrogens (tertiary/aromatic N) is 5. The maximum absolute atomic E-state index is 13.5. The minimum atomic E-state index is -0.570. The Morgan fingerprint density at radius 2 is 1.06 bits per heavy atom. The molecule has 0 radical (unpaired) electrons. The molecule has 3 aliphatic heterocycles. The van der Waals surface area contributed by atoms with E-state index in [1.165, 1.54) is 30.0 Å². The first-order valence-corrected chi connectivity index (χ1v) is 24.2. The van der Waals surface area contributed by atoms with E-state index in [4.69, 9.17) is 55.0 Å².